The van der Waals surface area contributed by atoms with E-state index in [4.69, 9.17) is 44.8 Å². The first kappa shape index (κ1) is 36.9. The van der Waals surface area contributed by atoms with Gasteiger partial charge < -0.3 is 29.6 Å². The van der Waals surface area contributed by atoms with Crippen LogP contribution in [0.2, 0.25) is 18.1 Å². The fourth-order valence-electron chi connectivity index (χ4n) is 5.78. The molecular formula is C26H39FN8O9P2S2Si. The molecule has 1 saturated carbocycles. The normalized spacial score (nSPS) is 36.1. The predicted octanol–water partition coefficient (Wildman–Crippen LogP) is 3.69. The maximum atomic E-state index is 16.0. The first-order valence-electron chi connectivity index (χ1n) is 15.4. The van der Waals surface area contributed by atoms with Gasteiger partial charge in [-0.05, 0) is 42.4 Å². The second-order valence-corrected chi connectivity index (χ2v) is 24.1. The molecule has 0 aromatic carbocycles. The van der Waals surface area contributed by atoms with Gasteiger partial charge in [0.25, 0.3) is 5.56 Å². The number of H-pyrrole nitrogens is 1. The zero-order chi connectivity index (χ0) is 35.5. The number of halogens is 1. The van der Waals surface area contributed by atoms with Gasteiger partial charge in [0.05, 0.1) is 25.6 Å². The number of fused-ring (bicyclic) bond motifs is 4. The second-order valence-electron chi connectivity index (χ2n) is 13.6. The van der Waals surface area contributed by atoms with Crippen molar-refractivity contribution in [1.82, 2.24) is 29.5 Å². The highest BCUT2D eigenvalue weighted by Gasteiger charge is 2.55. The summed E-state index contributed by atoms with van der Waals surface area (Å²) in [5.74, 6) is -0.562. The van der Waals surface area contributed by atoms with Gasteiger partial charge in [-0.25, -0.2) is 23.9 Å². The quantitative estimate of drug-likeness (QED) is 0.142. The number of nitrogens with zero attached hydrogens (tertiary/aromatic N) is 5. The van der Waals surface area contributed by atoms with Gasteiger partial charge in [0.1, 0.15) is 42.7 Å². The van der Waals surface area contributed by atoms with Crippen LogP contribution >= 0.6 is 25.8 Å². The summed E-state index contributed by atoms with van der Waals surface area (Å²) in [5, 5.41) is 2.71. The minimum atomic E-state index is -4.27. The van der Waals surface area contributed by atoms with E-state index in [2.05, 4.69) is 42.5 Å². The van der Waals surface area contributed by atoms with E-state index in [1.807, 2.05) is 33.9 Å². The first-order chi connectivity index (χ1) is 22.8. The van der Waals surface area contributed by atoms with Gasteiger partial charge in [0.15, 0.2) is 25.7 Å². The lowest BCUT2D eigenvalue weighted by atomic mass is 10.1. The largest absolute Gasteiger partial charge is 0.408 e. The number of aromatic nitrogens is 6. The van der Waals surface area contributed by atoms with Crippen molar-refractivity contribution < 1.29 is 41.1 Å². The molecular weight excluding hydrogens is 741 g/mol. The SMILES string of the molecule is CC(C)(C)[Si](C)(C)OC1[C@H]2OP(O)(=S)OCC3C[C@@H](Nc4ccncn4)[C@@H](F)[C@@H]3OP(=O)(S)OC[C@H]1O[C@H]2n1cnc2c(=O)[nH]c(N)nc21. The van der Waals surface area contributed by atoms with E-state index in [-0.39, 0.29) is 35.2 Å². The fraction of sp³-hybridized carbons (Fsp3) is 0.654. The molecule has 3 fully saturated rings. The van der Waals surface area contributed by atoms with Crippen LogP contribution < -0.4 is 16.6 Å². The Bertz CT molecular complexity index is 1840. The smallest absolute Gasteiger partial charge is 0.386 e. The number of hydrogen-bond donors (Lipinski definition) is 5. The number of alkyl halides is 1. The Morgan fingerprint density at radius 2 is 2.00 bits per heavy atom. The van der Waals surface area contributed by atoms with Gasteiger partial charge in [0, 0.05) is 12.1 Å². The van der Waals surface area contributed by atoms with E-state index < -0.39 is 82.8 Å². The summed E-state index contributed by atoms with van der Waals surface area (Å²) < 4.78 is 68.0. The van der Waals surface area contributed by atoms with Crippen molar-refractivity contribution in [2.24, 2.45) is 5.92 Å². The molecule has 10 atom stereocenters. The van der Waals surface area contributed by atoms with Crippen LogP contribution in [0.5, 0.6) is 0 Å². The van der Waals surface area contributed by atoms with Crippen LogP contribution in [-0.4, -0.2) is 92.5 Å². The zero-order valence-corrected chi connectivity index (χ0v) is 31.7. The van der Waals surface area contributed by atoms with Crippen molar-refractivity contribution in [3.05, 3.63) is 35.3 Å². The molecule has 49 heavy (non-hydrogen) atoms. The van der Waals surface area contributed by atoms with Crippen LogP contribution in [0.3, 0.4) is 0 Å². The minimum absolute atomic E-state index is 0.0290. The number of hydrogen-bond acceptors (Lipinski definition) is 15. The third-order valence-corrected chi connectivity index (χ3v) is 16.9. The standard InChI is InChI=1S/C26H39FN8O9P2S2Si/c1-26(2,3)49(4,5)44-20-15-10-40-46(38,48)42-19-13(8-14(17(19)27)32-16-6-7-29-11-30-16)9-39-45(37,47)43-21(20)24(41-15)35-12-31-18-22(35)33-25(28)34-23(18)36/h6-7,11-15,17,19-21,24H,8-10H2,1-5H3,(H,37,47)(H,38,48)(H,29,30,32)(H3,28,33,34,36)/t13?,14-,15-,17-,19-,20?,21-,24-,45?,46?/m1/s1. The summed E-state index contributed by atoms with van der Waals surface area (Å²) in [5.41, 5.74) is 5.31. The molecule has 2 saturated heterocycles. The van der Waals surface area contributed by atoms with Gasteiger partial charge in [-0.2, -0.15) is 4.98 Å². The Kier molecular flexibility index (Phi) is 10.2. The van der Waals surface area contributed by atoms with Gasteiger partial charge in [0.2, 0.25) is 5.95 Å². The molecule has 23 heteroatoms. The number of imidazole rings is 1. The van der Waals surface area contributed by atoms with Crippen molar-refractivity contribution in [3.63, 3.8) is 0 Å². The maximum absolute atomic E-state index is 16.0. The van der Waals surface area contributed by atoms with Crippen LogP contribution in [0.4, 0.5) is 16.2 Å². The number of rotatable bonds is 5. The summed E-state index contributed by atoms with van der Waals surface area (Å²) in [7, 11) is -2.63. The third-order valence-electron chi connectivity index (χ3n) is 9.25. The van der Waals surface area contributed by atoms with E-state index in [1.54, 1.807) is 6.07 Å². The molecule has 0 amide bonds. The Balaban J connectivity index is 1.37. The summed E-state index contributed by atoms with van der Waals surface area (Å²) in [6.07, 6.45) is -3.18. The minimum Gasteiger partial charge on any atom is -0.408 e. The molecule has 3 aliphatic rings. The monoisotopic (exact) mass is 780 g/mol. The van der Waals surface area contributed by atoms with Crippen LogP contribution in [0.25, 0.3) is 11.2 Å². The summed E-state index contributed by atoms with van der Waals surface area (Å²) in [6, 6.07) is 0.737. The summed E-state index contributed by atoms with van der Waals surface area (Å²) in [4.78, 5) is 42.9. The molecule has 5 heterocycles. The van der Waals surface area contributed by atoms with Crippen molar-refractivity contribution in [3.8, 4) is 0 Å². The molecule has 270 valence electrons. The fourth-order valence-corrected chi connectivity index (χ4v) is 10.1. The second kappa shape index (κ2) is 13.6. The molecule has 3 aromatic heterocycles. The van der Waals surface area contributed by atoms with Gasteiger partial charge in [-0.15, -0.1) is 0 Å². The average Bonchev–Trinajstić information content (AvgIpc) is 3.65. The molecule has 3 aromatic rings. The first-order valence-corrected chi connectivity index (χ1v) is 23.6. The number of aromatic amines is 1. The molecule has 6 rings (SSSR count). The summed E-state index contributed by atoms with van der Waals surface area (Å²) >= 11 is 9.72. The predicted molar refractivity (Wildman–Crippen MR) is 186 cm³/mol. The molecule has 0 spiro atoms. The number of ether oxygens (including phenoxy) is 1. The van der Waals surface area contributed by atoms with Crippen molar-refractivity contribution in [1.29, 1.82) is 0 Å². The van der Waals surface area contributed by atoms with E-state index >= 15 is 4.39 Å². The number of thiol groups is 1. The third kappa shape index (κ3) is 7.83. The number of nitrogens with one attached hydrogen (secondary N) is 2. The van der Waals surface area contributed by atoms with Crippen LogP contribution in [0.1, 0.15) is 33.4 Å². The van der Waals surface area contributed by atoms with Crippen LogP contribution in [0.15, 0.2) is 29.7 Å². The number of nitrogen functional groups attached to an aromatic ring is 1. The highest BCUT2D eigenvalue weighted by atomic mass is 32.7. The molecule has 4 unspecified atom stereocenters. The highest BCUT2D eigenvalue weighted by Crippen LogP contribution is 2.59. The molecule has 17 nitrogen and oxygen atoms in total. The topological polar surface area (TPSA) is 220 Å². The summed E-state index contributed by atoms with van der Waals surface area (Å²) in [6.45, 7) is 0.952. The maximum Gasteiger partial charge on any atom is 0.386 e. The van der Waals surface area contributed by atoms with Crippen molar-refractivity contribution in [2.45, 2.75) is 88.2 Å². The van der Waals surface area contributed by atoms with E-state index in [1.165, 1.54) is 23.4 Å². The molecule has 1 aliphatic carbocycles. The lowest BCUT2D eigenvalue weighted by Gasteiger charge is -2.40. The Labute approximate surface area is 292 Å². The average molecular weight is 781 g/mol. The Morgan fingerprint density at radius 3 is 2.69 bits per heavy atom. The number of nitrogens with two attached hydrogens (primary N) is 1. The Morgan fingerprint density at radius 1 is 1.24 bits per heavy atom. The molecule has 5 N–H and O–H groups in total. The zero-order valence-electron chi connectivity index (χ0n) is 27.2. The van der Waals surface area contributed by atoms with E-state index in [9.17, 15) is 14.3 Å². The number of anilines is 2. The lowest BCUT2D eigenvalue weighted by molar-refractivity contribution is -0.0504. The van der Waals surface area contributed by atoms with E-state index in [0.29, 0.717) is 5.82 Å². The van der Waals surface area contributed by atoms with Crippen LogP contribution in [0, 0.1) is 5.92 Å². The van der Waals surface area contributed by atoms with Gasteiger partial charge >= 0.3 is 13.5 Å². The molecule has 2 bridgehead atoms. The van der Waals surface area contributed by atoms with Gasteiger partial charge in [-0.3, -0.25) is 27.9 Å². The molecule has 2 aliphatic heterocycles. The molecule has 0 radical (unpaired) electrons. The van der Waals surface area contributed by atoms with E-state index in [0.717, 1.165) is 0 Å². The van der Waals surface area contributed by atoms with Gasteiger partial charge in [-0.1, -0.05) is 33.0 Å². The highest BCUT2D eigenvalue weighted by molar-refractivity contribution is 8.44. The van der Waals surface area contributed by atoms with Crippen molar-refractivity contribution in [2.75, 3.05) is 24.3 Å². The van der Waals surface area contributed by atoms with Crippen LogP contribution in [-0.2, 0) is 43.6 Å². The van der Waals surface area contributed by atoms with Crippen molar-refractivity contribution >= 4 is 68.8 Å². The lowest BCUT2D eigenvalue weighted by Crippen LogP contribution is -2.50. The Hall–Kier alpha value is -1.87.